The molecule has 0 aliphatic carbocycles. The number of aryl methyl sites for hydroxylation is 1. The molecule has 1 unspecified atom stereocenters. The molecule has 0 fully saturated rings. The molecule has 1 heterocycles. The van der Waals surface area contributed by atoms with Gasteiger partial charge in [-0.15, -0.1) is 0 Å². The standard InChI is InChI=1S/C11H18N2O2/c1-3-9(2)13-8-7-10(12-13)5-4-6-11(14)15/h7-9H,3-6H2,1-2H3,(H,14,15). The number of carbonyl (C=O) groups is 1. The highest BCUT2D eigenvalue weighted by Gasteiger charge is 2.05. The van der Waals surface area contributed by atoms with Crippen molar-refractivity contribution in [1.29, 1.82) is 0 Å². The van der Waals surface area contributed by atoms with E-state index in [1.54, 1.807) is 0 Å². The van der Waals surface area contributed by atoms with Crippen molar-refractivity contribution in [3.63, 3.8) is 0 Å². The maximum atomic E-state index is 10.3. The molecule has 0 aliphatic heterocycles. The second-order valence-corrected chi connectivity index (χ2v) is 3.79. The van der Waals surface area contributed by atoms with Crippen LogP contribution >= 0.6 is 0 Å². The number of hydrogen-bond donors (Lipinski definition) is 1. The van der Waals surface area contributed by atoms with Gasteiger partial charge in [0.2, 0.25) is 0 Å². The number of carboxylic acid groups (broad SMARTS) is 1. The van der Waals surface area contributed by atoms with Gasteiger partial charge in [-0.25, -0.2) is 0 Å². The molecule has 0 spiro atoms. The highest BCUT2D eigenvalue weighted by atomic mass is 16.4. The number of aliphatic carboxylic acids is 1. The van der Waals surface area contributed by atoms with Gasteiger partial charge in [0.15, 0.2) is 0 Å². The summed E-state index contributed by atoms with van der Waals surface area (Å²) >= 11 is 0. The normalized spacial score (nSPS) is 12.7. The zero-order valence-electron chi connectivity index (χ0n) is 9.31. The van der Waals surface area contributed by atoms with E-state index < -0.39 is 5.97 Å². The van der Waals surface area contributed by atoms with Gasteiger partial charge in [-0.3, -0.25) is 9.48 Å². The van der Waals surface area contributed by atoms with Crippen LogP contribution in [0.4, 0.5) is 0 Å². The predicted molar refractivity (Wildman–Crippen MR) is 57.8 cm³/mol. The van der Waals surface area contributed by atoms with Crippen molar-refractivity contribution in [3.05, 3.63) is 18.0 Å². The molecule has 84 valence electrons. The molecule has 0 aromatic carbocycles. The van der Waals surface area contributed by atoms with Crippen molar-refractivity contribution in [2.75, 3.05) is 0 Å². The Labute approximate surface area is 89.9 Å². The lowest BCUT2D eigenvalue weighted by Gasteiger charge is -2.07. The van der Waals surface area contributed by atoms with Crippen molar-refractivity contribution < 1.29 is 9.90 Å². The number of carboxylic acids is 1. The molecule has 4 nitrogen and oxygen atoms in total. The minimum absolute atomic E-state index is 0.218. The Kier molecular flexibility index (Phi) is 4.34. The van der Waals surface area contributed by atoms with Crippen molar-refractivity contribution in [1.82, 2.24) is 9.78 Å². The predicted octanol–water partition coefficient (Wildman–Crippen LogP) is 2.26. The molecule has 1 rings (SSSR count). The quantitative estimate of drug-likeness (QED) is 0.783. The van der Waals surface area contributed by atoms with Crippen LogP contribution in [0.2, 0.25) is 0 Å². The van der Waals surface area contributed by atoms with E-state index in [1.165, 1.54) is 0 Å². The molecule has 4 heteroatoms. The van der Waals surface area contributed by atoms with E-state index in [4.69, 9.17) is 5.11 Å². The van der Waals surface area contributed by atoms with Crippen LogP contribution in [0, 0.1) is 0 Å². The van der Waals surface area contributed by atoms with Crippen LogP contribution in [-0.2, 0) is 11.2 Å². The summed E-state index contributed by atoms with van der Waals surface area (Å²) in [6, 6.07) is 2.38. The Morgan fingerprint density at radius 3 is 3.00 bits per heavy atom. The average Bonchev–Trinajstić information content (AvgIpc) is 2.65. The molecular weight excluding hydrogens is 192 g/mol. The van der Waals surface area contributed by atoms with E-state index in [0.717, 1.165) is 18.5 Å². The molecule has 1 atom stereocenters. The zero-order valence-corrected chi connectivity index (χ0v) is 9.31. The van der Waals surface area contributed by atoms with E-state index in [2.05, 4.69) is 18.9 Å². The summed E-state index contributed by atoms with van der Waals surface area (Å²) in [5, 5.41) is 12.9. The molecular formula is C11H18N2O2. The number of aromatic nitrogens is 2. The van der Waals surface area contributed by atoms with Gasteiger partial charge in [0.1, 0.15) is 0 Å². The van der Waals surface area contributed by atoms with E-state index in [9.17, 15) is 4.79 Å². The Hall–Kier alpha value is -1.32. The monoisotopic (exact) mass is 210 g/mol. The van der Waals surface area contributed by atoms with Gasteiger partial charge in [-0.05, 0) is 32.3 Å². The summed E-state index contributed by atoms with van der Waals surface area (Å²) in [4.78, 5) is 10.3. The van der Waals surface area contributed by atoms with Crippen LogP contribution in [0.5, 0.6) is 0 Å². The fourth-order valence-corrected chi connectivity index (χ4v) is 1.36. The molecule has 0 amide bonds. The number of nitrogens with zero attached hydrogens (tertiary/aromatic N) is 2. The summed E-state index contributed by atoms with van der Waals surface area (Å²) in [6.45, 7) is 4.24. The summed E-state index contributed by atoms with van der Waals surface area (Å²) in [6.07, 6.45) is 4.64. The smallest absolute Gasteiger partial charge is 0.303 e. The van der Waals surface area contributed by atoms with Gasteiger partial charge in [0.25, 0.3) is 0 Å². The van der Waals surface area contributed by atoms with Crippen molar-refractivity contribution in [3.8, 4) is 0 Å². The Morgan fingerprint density at radius 1 is 1.67 bits per heavy atom. The van der Waals surface area contributed by atoms with Crippen LogP contribution in [0.15, 0.2) is 12.3 Å². The average molecular weight is 210 g/mol. The highest BCUT2D eigenvalue weighted by molar-refractivity contribution is 5.66. The Bertz CT molecular complexity index is 320. The summed E-state index contributed by atoms with van der Waals surface area (Å²) in [5.74, 6) is -0.739. The molecule has 0 radical (unpaired) electrons. The number of rotatable bonds is 6. The van der Waals surface area contributed by atoms with Gasteiger partial charge < -0.3 is 5.11 Å². The first-order valence-corrected chi connectivity index (χ1v) is 5.39. The lowest BCUT2D eigenvalue weighted by Crippen LogP contribution is -2.05. The lowest BCUT2D eigenvalue weighted by molar-refractivity contribution is -0.137. The third kappa shape index (κ3) is 3.73. The fraction of sp³-hybridized carbons (Fsp3) is 0.636. The summed E-state index contributed by atoms with van der Waals surface area (Å²) in [5.41, 5.74) is 0.983. The molecule has 1 aromatic heterocycles. The van der Waals surface area contributed by atoms with E-state index in [0.29, 0.717) is 12.5 Å². The van der Waals surface area contributed by atoms with E-state index in [-0.39, 0.29) is 6.42 Å². The largest absolute Gasteiger partial charge is 0.481 e. The van der Waals surface area contributed by atoms with Crippen LogP contribution in [0.3, 0.4) is 0 Å². The molecule has 15 heavy (non-hydrogen) atoms. The molecule has 1 aromatic rings. The van der Waals surface area contributed by atoms with Crippen LogP contribution in [-0.4, -0.2) is 20.9 Å². The summed E-state index contributed by atoms with van der Waals surface area (Å²) < 4.78 is 1.94. The van der Waals surface area contributed by atoms with Crippen molar-refractivity contribution >= 4 is 5.97 Å². The molecule has 0 saturated heterocycles. The van der Waals surface area contributed by atoms with Crippen LogP contribution in [0.1, 0.15) is 44.8 Å². The molecule has 0 bridgehead atoms. The Morgan fingerprint density at radius 2 is 2.40 bits per heavy atom. The van der Waals surface area contributed by atoms with E-state index >= 15 is 0 Å². The maximum Gasteiger partial charge on any atom is 0.303 e. The minimum Gasteiger partial charge on any atom is -0.481 e. The van der Waals surface area contributed by atoms with Gasteiger partial charge in [0.05, 0.1) is 5.69 Å². The third-order valence-corrected chi connectivity index (χ3v) is 2.53. The first-order chi connectivity index (χ1) is 7.13. The van der Waals surface area contributed by atoms with Gasteiger partial charge >= 0.3 is 5.97 Å². The minimum atomic E-state index is -0.739. The second-order valence-electron chi connectivity index (χ2n) is 3.79. The maximum absolute atomic E-state index is 10.3. The third-order valence-electron chi connectivity index (χ3n) is 2.53. The van der Waals surface area contributed by atoms with Crippen molar-refractivity contribution in [2.45, 2.75) is 45.6 Å². The van der Waals surface area contributed by atoms with Crippen LogP contribution < -0.4 is 0 Å². The summed E-state index contributed by atoms with van der Waals surface area (Å²) in [7, 11) is 0. The van der Waals surface area contributed by atoms with Crippen LogP contribution in [0.25, 0.3) is 0 Å². The van der Waals surface area contributed by atoms with E-state index in [1.807, 2.05) is 16.9 Å². The van der Waals surface area contributed by atoms with Crippen molar-refractivity contribution in [2.24, 2.45) is 0 Å². The topological polar surface area (TPSA) is 55.1 Å². The SMILES string of the molecule is CCC(C)n1ccc(CCCC(=O)O)n1. The lowest BCUT2D eigenvalue weighted by atomic mass is 10.2. The zero-order chi connectivity index (χ0) is 11.3. The first-order valence-electron chi connectivity index (χ1n) is 5.39. The number of hydrogen-bond acceptors (Lipinski definition) is 2. The van der Waals surface area contributed by atoms with Gasteiger partial charge in [-0.2, -0.15) is 5.10 Å². The molecule has 0 saturated carbocycles. The van der Waals surface area contributed by atoms with Gasteiger partial charge in [0, 0.05) is 18.7 Å². The highest BCUT2D eigenvalue weighted by Crippen LogP contribution is 2.10. The van der Waals surface area contributed by atoms with Gasteiger partial charge in [-0.1, -0.05) is 6.92 Å². The first kappa shape index (κ1) is 11.8. The fourth-order valence-electron chi connectivity index (χ4n) is 1.36. The Balaban J connectivity index is 2.42. The second kappa shape index (κ2) is 5.53. The molecule has 1 N–H and O–H groups in total. The molecule has 0 aliphatic rings.